The summed E-state index contributed by atoms with van der Waals surface area (Å²) in [5.41, 5.74) is 1.58. The van der Waals surface area contributed by atoms with E-state index in [2.05, 4.69) is 35.3 Å². The van der Waals surface area contributed by atoms with Gasteiger partial charge in [0.2, 0.25) is 11.1 Å². The number of halogens is 2. The first-order valence-corrected chi connectivity index (χ1v) is 10.2. The molecule has 0 radical (unpaired) electrons. The van der Waals surface area contributed by atoms with Gasteiger partial charge in [-0.3, -0.25) is 4.79 Å². The van der Waals surface area contributed by atoms with Crippen molar-refractivity contribution in [1.82, 2.24) is 14.8 Å². The molecule has 4 rings (SSSR count). The van der Waals surface area contributed by atoms with Gasteiger partial charge in [-0.05, 0) is 29.4 Å². The van der Waals surface area contributed by atoms with Crippen LogP contribution in [0.5, 0.6) is 0 Å². The molecule has 1 aliphatic carbocycles. The van der Waals surface area contributed by atoms with Gasteiger partial charge < -0.3 is 5.32 Å². The van der Waals surface area contributed by atoms with Gasteiger partial charge in [0, 0.05) is 12.1 Å². The van der Waals surface area contributed by atoms with Gasteiger partial charge in [-0.15, -0.1) is 5.10 Å². The molecular formula is C18H18Cl2N4OS. The Morgan fingerprint density at radius 3 is 2.77 bits per heavy atom. The summed E-state index contributed by atoms with van der Waals surface area (Å²) in [7, 11) is 0. The molecule has 0 fully saturated rings. The minimum absolute atomic E-state index is 0.183. The number of rotatable bonds is 2. The van der Waals surface area contributed by atoms with Crippen molar-refractivity contribution in [1.29, 1.82) is 0 Å². The van der Waals surface area contributed by atoms with Crippen molar-refractivity contribution >= 4 is 46.7 Å². The van der Waals surface area contributed by atoms with E-state index in [1.54, 1.807) is 10.7 Å². The number of nitrogens with one attached hydrogen (secondary N) is 1. The molecular weight excluding hydrogens is 391 g/mol. The van der Waals surface area contributed by atoms with Crippen LogP contribution in [0.2, 0.25) is 10.0 Å². The van der Waals surface area contributed by atoms with Crippen LogP contribution in [0.1, 0.15) is 31.9 Å². The van der Waals surface area contributed by atoms with Gasteiger partial charge in [-0.2, -0.15) is 4.98 Å². The molecule has 1 aromatic heterocycles. The third kappa shape index (κ3) is 2.94. The van der Waals surface area contributed by atoms with Crippen LogP contribution in [0.25, 0.3) is 0 Å². The molecule has 0 unspecified atom stereocenters. The smallest absolute Gasteiger partial charge is 0.227 e. The number of Topliss-reactive ketones (excluding diaryl/α,β-unsaturated/α-hetero) is 1. The van der Waals surface area contributed by atoms with Gasteiger partial charge in [-0.25, -0.2) is 4.68 Å². The Hall–Kier alpha value is -1.50. The number of carbonyl (C=O) groups excluding carboxylic acids is 1. The van der Waals surface area contributed by atoms with Crippen molar-refractivity contribution in [2.75, 3.05) is 11.6 Å². The average Bonchev–Trinajstić information content (AvgIpc) is 2.97. The molecule has 2 heterocycles. The van der Waals surface area contributed by atoms with Crippen LogP contribution in [-0.2, 0) is 4.79 Å². The Bertz CT molecular complexity index is 937. The largest absolute Gasteiger partial charge is 0.328 e. The lowest BCUT2D eigenvalue weighted by molar-refractivity contribution is -0.125. The minimum atomic E-state index is -0.343. The highest BCUT2D eigenvalue weighted by Crippen LogP contribution is 2.46. The van der Waals surface area contributed by atoms with Gasteiger partial charge in [0.1, 0.15) is 5.78 Å². The van der Waals surface area contributed by atoms with Crippen molar-refractivity contribution in [2.45, 2.75) is 31.5 Å². The van der Waals surface area contributed by atoms with E-state index < -0.39 is 0 Å². The van der Waals surface area contributed by atoms with Crippen molar-refractivity contribution in [3.8, 4) is 0 Å². The molecule has 1 N–H and O–H groups in total. The average molecular weight is 409 g/mol. The number of benzene rings is 1. The molecule has 0 spiro atoms. The third-order valence-corrected chi connectivity index (χ3v) is 6.05. The Labute approximate surface area is 166 Å². The molecule has 0 saturated heterocycles. The summed E-state index contributed by atoms with van der Waals surface area (Å²) in [5, 5.41) is 9.52. The zero-order valence-electron chi connectivity index (χ0n) is 14.6. The van der Waals surface area contributed by atoms with Crippen LogP contribution in [0.4, 0.5) is 5.95 Å². The molecule has 2 aliphatic rings. The summed E-state index contributed by atoms with van der Waals surface area (Å²) in [6.45, 7) is 4.13. The zero-order chi connectivity index (χ0) is 18.6. The van der Waals surface area contributed by atoms with E-state index in [1.165, 1.54) is 11.8 Å². The number of aromatic nitrogens is 3. The van der Waals surface area contributed by atoms with Gasteiger partial charge in [-0.1, -0.05) is 61.0 Å². The van der Waals surface area contributed by atoms with E-state index in [9.17, 15) is 4.79 Å². The predicted octanol–water partition coefficient (Wildman–Crippen LogP) is 4.82. The van der Waals surface area contributed by atoms with E-state index in [-0.39, 0.29) is 23.2 Å². The number of hydrogen-bond acceptors (Lipinski definition) is 5. The van der Waals surface area contributed by atoms with Gasteiger partial charge in [0.15, 0.2) is 0 Å². The Kier molecular flexibility index (Phi) is 4.33. The first kappa shape index (κ1) is 17.9. The van der Waals surface area contributed by atoms with E-state index in [0.717, 1.165) is 11.3 Å². The van der Waals surface area contributed by atoms with E-state index in [0.29, 0.717) is 27.6 Å². The second-order valence-electron chi connectivity index (χ2n) is 7.32. The highest BCUT2D eigenvalue weighted by atomic mass is 35.5. The summed E-state index contributed by atoms with van der Waals surface area (Å²) < 4.78 is 1.80. The van der Waals surface area contributed by atoms with E-state index in [1.807, 2.05) is 18.4 Å². The molecule has 2 atom stereocenters. The van der Waals surface area contributed by atoms with Crippen LogP contribution in [0.3, 0.4) is 0 Å². The number of anilines is 1. The number of fused-ring (bicyclic) bond motifs is 2. The fourth-order valence-electron chi connectivity index (χ4n) is 3.72. The fourth-order valence-corrected chi connectivity index (χ4v) is 4.38. The lowest BCUT2D eigenvalue weighted by Gasteiger charge is -2.40. The monoisotopic (exact) mass is 408 g/mol. The maximum atomic E-state index is 13.1. The number of nitrogens with zero attached hydrogens (tertiary/aromatic N) is 3. The van der Waals surface area contributed by atoms with Crippen LogP contribution in [0, 0.1) is 11.3 Å². The number of ketones is 1. The molecule has 0 saturated carbocycles. The minimum Gasteiger partial charge on any atom is -0.328 e. The van der Waals surface area contributed by atoms with Crippen LogP contribution in [0.15, 0.2) is 35.1 Å². The van der Waals surface area contributed by atoms with E-state index in [4.69, 9.17) is 23.2 Å². The SMILES string of the molecule is CSc1nc2n(n1)[C@H](c1ccc(Cl)c(Cl)c1)[C@H]1C(=O)CC(C)(C)C=C1N2. The Morgan fingerprint density at radius 2 is 2.08 bits per heavy atom. The van der Waals surface area contributed by atoms with Gasteiger partial charge >= 0.3 is 0 Å². The highest BCUT2D eigenvalue weighted by molar-refractivity contribution is 7.98. The number of allylic oxidation sites excluding steroid dienone is 2. The van der Waals surface area contributed by atoms with Crippen molar-refractivity contribution in [3.05, 3.63) is 45.6 Å². The standard InChI is InChI=1S/C18H18Cl2N4OS/c1-18(2)7-12-14(13(25)8-18)15(9-4-5-10(19)11(20)6-9)24-16(21-12)22-17(23-24)26-3/h4-7,14-15H,8H2,1-3H3,(H,21,22,23)/t14-,15-/m1/s1. The molecule has 8 heteroatoms. The maximum Gasteiger partial charge on any atom is 0.227 e. The predicted molar refractivity (Wildman–Crippen MR) is 105 cm³/mol. The summed E-state index contributed by atoms with van der Waals surface area (Å²) in [5.74, 6) is 0.477. The second-order valence-corrected chi connectivity index (χ2v) is 8.91. The van der Waals surface area contributed by atoms with Crippen LogP contribution in [-0.4, -0.2) is 26.8 Å². The van der Waals surface area contributed by atoms with Crippen molar-refractivity contribution in [2.24, 2.45) is 11.3 Å². The lowest BCUT2D eigenvalue weighted by Crippen LogP contribution is -2.42. The Balaban J connectivity index is 1.92. The summed E-state index contributed by atoms with van der Waals surface area (Å²) in [6.07, 6.45) is 4.55. The topological polar surface area (TPSA) is 59.8 Å². The normalized spacial score (nSPS) is 23.7. The molecule has 2 aromatic rings. The summed E-state index contributed by atoms with van der Waals surface area (Å²) in [4.78, 5) is 17.6. The highest BCUT2D eigenvalue weighted by Gasteiger charge is 2.45. The maximum absolute atomic E-state index is 13.1. The summed E-state index contributed by atoms with van der Waals surface area (Å²) in [6, 6.07) is 5.17. The fraction of sp³-hybridized carbons (Fsp3) is 0.389. The lowest BCUT2D eigenvalue weighted by atomic mass is 9.72. The molecule has 1 aromatic carbocycles. The zero-order valence-corrected chi connectivity index (χ0v) is 16.9. The first-order chi connectivity index (χ1) is 12.3. The molecule has 136 valence electrons. The molecule has 5 nitrogen and oxygen atoms in total. The van der Waals surface area contributed by atoms with Crippen LogP contribution >= 0.6 is 35.0 Å². The first-order valence-electron chi connectivity index (χ1n) is 8.27. The molecule has 0 bridgehead atoms. The van der Waals surface area contributed by atoms with Crippen molar-refractivity contribution < 1.29 is 4.79 Å². The molecule has 0 amide bonds. The van der Waals surface area contributed by atoms with Crippen LogP contribution < -0.4 is 5.32 Å². The number of hydrogen-bond donors (Lipinski definition) is 1. The van der Waals surface area contributed by atoms with Gasteiger partial charge in [0.25, 0.3) is 0 Å². The van der Waals surface area contributed by atoms with E-state index >= 15 is 0 Å². The van der Waals surface area contributed by atoms with Gasteiger partial charge in [0.05, 0.1) is 22.0 Å². The molecule has 1 aliphatic heterocycles. The Morgan fingerprint density at radius 1 is 1.31 bits per heavy atom. The number of carbonyl (C=O) groups is 1. The molecule has 26 heavy (non-hydrogen) atoms. The van der Waals surface area contributed by atoms with Crippen molar-refractivity contribution in [3.63, 3.8) is 0 Å². The summed E-state index contributed by atoms with van der Waals surface area (Å²) >= 11 is 13.8. The third-order valence-electron chi connectivity index (χ3n) is 4.77. The number of thioether (sulfide) groups is 1. The second kappa shape index (κ2) is 6.29. The quantitative estimate of drug-likeness (QED) is 0.721.